The minimum Gasteiger partial charge on any atom is -0.389 e. The lowest BCUT2D eigenvalue weighted by molar-refractivity contribution is 0.0137. The van der Waals surface area contributed by atoms with Crippen molar-refractivity contribution in [2.45, 2.75) is 33.8 Å². The Labute approximate surface area is 111 Å². The second-order valence-corrected chi connectivity index (χ2v) is 6.38. The number of hydrogen-bond donors (Lipinski definition) is 2. The van der Waals surface area contributed by atoms with Gasteiger partial charge in [0.05, 0.1) is 25.9 Å². The molecule has 0 heterocycles. The first-order chi connectivity index (χ1) is 8.34. The molecule has 18 heavy (non-hydrogen) atoms. The summed E-state index contributed by atoms with van der Waals surface area (Å²) in [5.74, 6) is 0.687. The molecular formula is C14H29NO3. The van der Waals surface area contributed by atoms with E-state index in [-0.39, 0.29) is 0 Å². The van der Waals surface area contributed by atoms with Gasteiger partial charge in [0.25, 0.3) is 0 Å². The van der Waals surface area contributed by atoms with Gasteiger partial charge in [-0.1, -0.05) is 27.7 Å². The van der Waals surface area contributed by atoms with Crippen LogP contribution in [0.3, 0.4) is 0 Å². The smallest absolute Gasteiger partial charge is 0.0897 e. The standard InChI is InChI=1S/C14H29NO3/c1-13(2)12(14(13,3)4)9-15-8-11(16)10-18-7-6-17-5/h11-12,15-16H,6-10H2,1-5H3. The lowest BCUT2D eigenvalue weighted by atomic mass is 10.0. The first-order valence-corrected chi connectivity index (χ1v) is 6.79. The van der Waals surface area contributed by atoms with E-state index in [1.807, 2.05) is 0 Å². The van der Waals surface area contributed by atoms with Crippen molar-refractivity contribution in [3.63, 3.8) is 0 Å². The second kappa shape index (κ2) is 6.33. The van der Waals surface area contributed by atoms with Crippen molar-refractivity contribution in [2.24, 2.45) is 16.7 Å². The molecule has 1 saturated carbocycles. The molecule has 1 aliphatic rings. The van der Waals surface area contributed by atoms with E-state index in [1.165, 1.54) is 0 Å². The Morgan fingerprint density at radius 1 is 1.17 bits per heavy atom. The zero-order valence-electron chi connectivity index (χ0n) is 12.5. The number of rotatable bonds is 9. The SMILES string of the molecule is COCCOCC(O)CNCC1C(C)(C)C1(C)C. The van der Waals surface area contributed by atoms with E-state index in [9.17, 15) is 5.11 Å². The van der Waals surface area contributed by atoms with E-state index in [4.69, 9.17) is 9.47 Å². The highest BCUT2D eigenvalue weighted by molar-refractivity contribution is 5.12. The fraction of sp³-hybridized carbons (Fsp3) is 1.00. The van der Waals surface area contributed by atoms with E-state index in [2.05, 4.69) is 33.0 Å². The minimum atomic E-state index is -0.438. The summed E-state index contributed by atoms with van der Waals surface area (Å²) in [7, 11) is 1.64. The van der Waals surface area contributed by atoms with Crippen molar-refractivity contribution in [3.8, 4) is 0 Å². The summed E-state index contributed by atoms with van der Waals surface area (Å²) in [6, 6.07) is 0. The maximum absolute atomic E-state index is 9.71. The predicted molar refractivity (Wildman–Crippen MR) is 72.6 cm³/mol. The van der Waals surface area contributed by atoms with Gasteiger partial charge in [0.1, 0.15) is 0 Å². The molecule has 1 fully saturated rings. The molecule has 0 amide bonds. The summed E-state index contributed by atoms with van der Waals surface area (Å²) in [6.45, 7) is 12.3. The number of aliphatic hydroxyl groups excluding tert-OH is 1. The van der Waals surface area contributed by atoms with Crippen LogP contribution < -0.4 is 5.32 Å². The number of methoxy groups -OCH3 is 1. The summed E-state index contributed by atoms with van der Waals surface area (Å²) >= 11 is 0. The number of hydrogen-bond acceptors (Lipinski definition) is 4. The zero-order valence-corrected chi connectivity index (χ0v) is 12.5. The topological polar surface area (TPSA) is 50.7 Å². The summed E-state index contributed by atoms with van der Waals surface area (Å²) < 4.78 is 10.1. The fourth-order valence-corrected chi connectivity index (χ4v) is 2.66. The normalized spacial score (nSPS) is 23.0. The Morgan fingerprint density at radius 3 is 2.28 bits per heavy atom. The molecule has 0 aliphatic heterocycles. The van der Waals surface area contributed by atoms with Gasteiger partial charge in [0, 0.05) is 13.7 Å². The van der Waals surface area contributed by atoms with E-state index >= 15 is 0 Å². The van der Waals surface area contributed by atoms with Crippen LogP contribution in [0, 0.1) is 16.7 Å². The van der Waals surface area contributed by atoms with Gasteiger partial charge in [-0.25, -0.2) is 0 Å². The van der Waals surface area contributed by atoms with Crippen LogP contribution in [0.5, 0.6) is 0 Å². The number of ether oxygens (including phenoxy) is 2. The maximum Gasteiger partial charge on any atom is 0.0897 e. The van der Waals surface area contributed by atoms with Crippen molar-refractivity contribution in [1.29, 1.82) is 0 Å². The van der Waals surface area contributed by atoms with Gasteiger partial charge in [-0.15, -0.1) is 0 Å². The maximum atomic E-state index is 9.71. The molecule has 4 heteroatoms. The molecule has 0 aromatic heterocycles. The third-order valence-corrected chi connectivity index (χ3v) is 4.79. The first-order valence-electron chi connectivity index (χ1n) is 6.79. The summed E-state index contributed by atoms with van der Waals surface area (Å²) in [5.41, 5.74) is 0.805. The van der Waals surface area contributed by atoms with Crippen molar-refractivity contribution >= 4 is 0 Å². The molecule has 0 aromatic carbocycles. The monoisotopic (exact) mass is 259 g/mol. The second-order valence-electron chi connectivity index (χ2n) is 6.38. The quantitative estimate of drug-likeness (QED) is 0.613. The van der Waals surface area contributed by atoms with Gasteiger partial charge in [-0.3, -0.25) is 0 Å². The lowest BCUT2D eigenvalue weighted by Crippen LogP contribution is -2.32. The molecule has 1 atom stereocenters. The fourth-order valence-electron chi connectivity index (χ4n) is 2.66. The highest BCUT2D eigenvalue weighted by Gasteiger charge is 2.63. The summed E-state index contributed by atoms with van der Waals surface area (Å²) in [5, 5.41) is 13.1. The van der Waals surface area contributed by atoms with Gasteiger partial charge in [0.2, 0.25) is 0 Å². The lowest BCUT2D eigenvalue weighted by Gasteiger charge is -2.12. The highest BCUT2D eigenvalue weighted by Crippen LogP contribution is 2.67. The predicted octanol–water partition coefficient (Wildman–Crippen LogP) is 1.28. The average molecular weight is 259 g/mol. The molecular weight excluding hydrogens is 230 g/mol. The molecule has 0 saturated heterocycles. The van der Waals surface area contributed by atoms with E-state index in [1.54, 1.807) is 7.11 Å². The molecule has 0 spiro atoms. The Bertz CT molecular complexity index is 239. The molecule has 0 aromatic rings. The number of aliphatic hydroxyl groups is 1. The van der Waals surface area contributed by atoms with Crippen LogP contribution in [0.4, 0.5) is 0 Å². The van der Waals surface area contributed by atoms with Crippen molar-refractivity contribution in [3.05, 3.63) is 0 Å². The van der Waals surface area contributed by atoms with Crippen LogP contribution in [0.1, 0.15) is 27.7 Å². The largest absolute Gasteiger partial charge is 0.389 e. The van der Waals surface area contributed by atoms with Gasteiger partial charge in [-0.2, -0.15) is 0 Å². The Kier molecular flexibility index (Phi) is 5.59. The molecule has 1 rings (SSSR count). The number of nitrogens with one attached hydrogen (secondary N) is 1. The van der Waals surface area contributed by atoms with Crippen molar-refractivity contribution in [1.82, 2.24) is 5.32 Å². The van der Waals surface area contributed by atoms with Crippen LogP contribution in [-0.2, 0) is 9.47 Å². The van der Waals surface area contributed by atoms with Crippen LogP contribution >= 0.6 is 0 Å². The zero-order chi connectivity index (χ0) is 13.8. The van der Waals surface area contributed by atoms with Gasteiger partial charge in [-0.05, 0) is 23.3 Å². The Balaban J connectivity index is 2.05. The van der Waals surface area contributed by atoms with E-state index < -0.39 is 6.10 Å². The molecule has 0 radical (unpaired) electrons. The van der Waals surface area contributed by atoms with Crippen LogP contribution in [0.15, 0.2) is 0 Å². The van der Waals surface area contributed by atoms with E-state index in [0.29, 0.717) is 43.1 Å². The van der Waals surface area contributed by atoms with Crippen molar-refractivity contribution < 1.29 is 14.6 Å². The summed E-state index contributed by atoms with van der Waals surface area (Å²) in [6.07, 6.45) is -0.438. The molecule has 2 N–H and O–H groups in total. The third-order valence-electron chi connectivity index (χ3n) is 4.79. The molecule has 1 unspecified atom stereocenters. The van der Waals surface area contributed by atoms with Crippen LogP contribution in [0.25, 0.3) is 0 Å². The van der Waals surface area contributed by atoms with Gasteiger partial charge >= 0.3 is 0 Å². The molecule has 1 aliphatic carbocycles. The van der Waals surface area contributed by atoms with Gasteiger partial charge < -0.3 is 19.9 Å². The van der Waals surface area contributed by atoms with Crippen LogP contribution in [0.2, 0.25) is 0 Å². The Hall–Kier alpha value is -0.160. The minimum absolute atomic E-state index is 0.369. The van der Waals surface area contributed by atoms with Crippen LogP contribution in [-0.4, -0.2) is 51.2 Å². The summed E-state index contributed by atoms with van der Waals surface area (Å²) in [4.78, 5) is 0. The Morgan fingerprint density at radius 2 is 1.78 bits per heavy atom. The van der Waals surface area contributed by atoms with Gasteiger partial charge in [0.15, 0.2) is 0 Å². The van der Waals surface area contributed by atoms with E-state index in [0.717, 1.165) is 6.54 Å². The highest BCUT2D eigenvalue weighted by atomic mass is 16.5. The van der Waals surface area contributed by atoms with Crippen molar-refractivity contribution in [2.75, 3.05) is 40.0 Å². The molecule has 4 nitrogen and oxygen atoms in total. The first kappa shape index (κ1) is 15.9. The third kappa shape index (κ3) is 3.67. The molecule has 108 valence electrons. The average Bonchev–Trinajstić information content (AvgIpc) is 2.67. The molecule has 0 bridgehead atoms.